The fourth-order valence-electron chi connectivity index (χ4n) is 7.14. The second kappa shape index (κ2) is 17.2. The van der Waals surface area contributed by atoms with E-state index in [4.69, 9.17) is 33.2 Å². The van der Waals surface area contributed by atoms with E-state index in [9.17, 15) is 19.2 Å². The van der Waals surface area contributed by atoms with E-state index in [2.05, 4.69) is 0 Å². The smallest absolute Gasteiger partial charge is 0.303 e. The summed E-state index contributed by atoms with van der Waals surface area (Å²) < 4.78 is 42.6. The largest absolute Gasteiger partial charge is 0.465 e. The van der Waals surface area contributed by atoms with Gasteiger partial charge in [-0.15, -0.1) is 0 Å². The summed E-state index contributed by atoms with van der Waals surface area (Å²) in [6.45, 7) is 7.17. The summed E-state index contributed by atoms with van der Waals surface area (Å²) in [7, 11) is 0. The third-order valence-electron chi connectivity index (χ3n) is 9.27. The molecule has 2 aliphatic rings. The first-order chi connectivity index (χ1) is 24.5. The van der Waals surface area contributed by atoms with Crippen LogP contribution >= 0.6 is 0 Å². The Morgan fingerprint density at radius 3 is 1.71 bits per heavy atom. The Bertz CT molecular complexity index is 1520. The Balaban J connectivity index is 1.47. The van der Waals surface area contributed by atoms with Gasteiger partial charge in [0.25, 0.3) is 0 Å². The van der Waals surface area contributed by atoms with E-state index in [0.29, 0.717) is 0 Å². The summed E-state index contributed by atoms with van der Waals surface area (Å²) in [6.07, 6.45) is -5.61. The molecule has 3 aromatic carbocycles. The third kappa shape index (κ3) is 8.73. The summed E-state index contributed by atoms with van der Waals surface area (Å²) in [5.74, 6) is -3.54. The lowest BCUT2D eigenvalue weighted by atomic mass is 9.77. The van der Waals surface area contributed by atoms with Crippen LogP contribution in [0.4, 0.5) is 0 Å². The van der Waals surface area contributed by atoms with Crippen molar-refractivity contribution < 1.29 is 52.3 Å². The maximum absolute atomic E-state index is 14.1. The fourth-order valence-corrected chi connectivity index (χ4v) is 7.14. The molecule has 5 rings (SSSR count). The van der Waals surface area contributed by atoms with Crippen molar-refractivity contribution in [2.75, 3.05) is 19.8 Å². The van der Waals surface area contributed by atoms with Crippen molar-refractivity contribution >= 4 is 23.7 Å². The van der Waals surface area contributed by atoms with Gasteiger partial charge in [-0.2, -0.15) is 0 Å². The zero-order chi connectivity index (χ0) is 36.5. The average Bonchev–Trinajstić information content (AvgIpc) is 3.11. The van der Waals surface area contributed by atoms with Gasteiger partial charge in [-0.3, -0.25) is 19.2 Å². The predicted octanol–water partition coefficient (Wildman–Crippen LogP) is 5.16. The molecule has 0 aromatic heterocycles. The van der Waals surface area contributed by atoms with Crippen LogP contribution in [0.2, 0.25) is 0 Å². The van der Waals surface area contributed by atoms with Crippen molar-refractivity contribution in [1.29, 1.82) is 0 Å². The van der Waals surface area contributed by atoms with Crippen molar-refractivity contribution in [1.82, 2.24) is 0 Å². The molecule has 0 spiro atoms. The van der Waals surface area contributed by atoms with E-state index in [-0.39, 0.29) is 32.0 Å². The van der Waals surface area contributed by atoms with Gasteiger partial charge in [0.1, 0.15) is 24.4 Å². The van der Waals surface area contributed by atoms with E-state index in [1.165, 1.54) is 20.8 Å². The molecule has 2 aliphatic heterocycles. The van der Waals surface area contributed by atoms with Crippen molar-refractivity contribution in [3.05, 3.63) is 108 Å². The molecule has 1 unspecified atom stereocenters. The minimum Gasteiger partial charge on any atom is -0.465 e. The number of carbonyl (C=O) groups excluding carboxylic acids is 4. The first-order valence-electron chi connectivity index (χ1n) is 17.3. The Hall–Kier alpha value is -4.42. The lowest BCUT2D eigenvalue weighted by Gasteiger charge is -2.49. The van der Waals surface area contributed by atoms with E-state index in [1.54, 1.807) is 6.92 Å². The number of rotatable bonds is 13. The maximum atomic E-state index is 14.1. The standard InChI is InChI=1S/C40H46O11/c1-6-45-39-32(37-33(23-46-26(3)41)38(50-28(5)43)36(25(2)48-37)49-27(4)42)22-34(44)35(51-39)24-47-40(29-16-10-7-11-17-29,30-18-12-8-13-19-30)31-20-14-9-15-21-31/h7-21,25,32-33,35-39H,6,22-24H2,1-5H3/t25-,32?,33-,35+,36-,37-,38-,39-/m0/s1. The minimum absolute atomic E-state index is 0.0350. The monoisotopic (exact) mass is 702 g/mol. The molecule has 272 valence electrons. The normalized spacial score (nSPS) is 26.6. The molecule has 0 radical (unpaired) electrons. The summed E-state index contributed by atoms with van der Waals surface area (Å²) in [5, 5.41) is 0. The first-order valence-corrected chi connectivity index (χ1v) is 17.3. The van der Waals surface area contributed by atoms with Crippen LogP contribution < -0.4 is 0 Å². The molecular formula is C40H46O11. The lowest BCUT2D eigenvalue weighted by Crippen LogP contribution is -2.62. The minimum atomic E-state index is -1.08. The average molecular weight is 703 g/mol. The van der Waals surface area contributed by atoms with Gasteiger partial charge in [-0.25, -0.2) is 0 Å². The summed E-state index contributed by atoms with van der Waals surface area (Å²) in [5.41, 5.74) is 1.55. The molecule has 0 bridgehead atoms. The quantitative estimate of drug-likeness (QED) is 0.133. The molecule has 2 fully saturated rings. The van der Waals surface area contributed by atoms with Crippen molar-refractivity contribution in [2.24, 2.45) is 11.8 Å². The Morgan fingerprint density at radius 2 is 1.24 bits per heavy atom. The van der Waals surface area contributed by atoms with Crippen molar-refractivity contribution in [3.63, 3.8) is 0 Å². The molecule has 8 atom stereocenters. The number of esters is 3. The highest BCUT2D eigenvalue weighted by molar-refractivity contribution is 5.84. The zero-order valence-corrected chi connectivity index (χ0v) is 29.6. The van der Waals surface area contributed by atoms with Crippen LogP contribution in [-0.4, -0.2) is 80.3 Å². The Kier molecular flexibility index (Phi) is 12.8. The van der Waals surface area contributed by atoms with Crippen molar-refractivity contribution in [3.8, 4) is 0 Å². The number of ether oxygens (including phenoxy) is 7. The molecule has 2 saturated heterocycles. The molecule has 11 nitrogen and oxygen atoms in total. The Labute approximate surface area is 298 Å². The third-order valence-corrected chi connectivity index (χ3v) is 9.27. The second-order valence-electron chi connectivity index (χ2n) is 12.8. The topological polar surface area (TPSA) is 133 Å². The number of hydrogen-bond donors (Lipinski definition) is 0. The number of hydrogen-bond acceptors (Lipinski definition) is 11. The molecule has 0 N–H and O–H groups in total. The fraction of sp³-hybridized carbons (Fsp3) is 0.450. The van der Waals surface area contributed by atoms with Gasteiger partial charge in [-0.1, -0.05) is 91.0 Å². The molecule has 2 heterocycles. The number of carbonyl (C=O) groups is 4. The van der Waals surface area contributed by atoms with Crippen LogP contribution in [0.3, 0.4) is 0 Å². The van der Waals surface area contributed by atoms with Gasteiger partial charge >= 0.3 is 17.9 Å². The van der Waals surface area contributed by atoms with Crippen LogP contribution in [0.1, 0.15) is 57.7 Å². The van der Waals surface area contributed by atoms with Gasteiger partial charge in [0, 0.05) is 39.7 Å². The van der Waals surface area contributed by atoms with Crippen LogP contribution in [0.15, 0.2) is 91.0 Å². The second-order valence-corrected chi connectivity index (χ2v) is 12.8. The number of Topliss-reactive ketones (excluding diaryl/α,β-unsaturated/α-hetero) is 1. The number of benzene rings is 3. The lowest BCUT2D eigenvalue weighted by molar-refractivity contribution is -0.279. The van der Waals surface area contributed by atoms with Crippen LogP contribution in [0.5, 0.6) is 0 Å². The summed E-state index contributed by atoms with van der Waals surface area (Å²) in [4.78, 5) is 50.4. The molecule has 51 heavy (non-hydrogen) atoms. The zero-order valence-electron chi connectivity index (χ0n) is 29.6. The highest BCUT2D eigenvalue weighted by Crippen LogP contribution is 2.43. The molecule has 3 aromatic rings. The predicted molar refractivity (Wildman–Crippen MR) is 184 cm³/mol. The summed E-state index contributed by atoms with van der Waals surface area (Å²) in [6, 6.07) is 29.5. The van der Waals surface area contributed by atoms with Crippen molar-refractivity contribution in [2.45, 2.75) is 83.5 Å². The Morgan fingerprint density at radius 1 is 0.725 bits per heavy atom. The van der Waals surface area contributed by atoms with E-state index in [1.807, 2.05) is 97.9 Å². The van der Waals surface area contributed by atoms with E-state index in [0.717, 1.165) is 16.7 Å². The maximum Gasteiger partial charge on any atom is 0.303 e. The van der Waals surface area contributed by atoms with Gasteiger partial charge in [0.05, 0.1) is 24.7 Å². The molecule has 0 saturated carbocycles. The van der Waals surface area contributed by atoms with Gasteiger partial charge in [0.2, 0.25) is 0 Å². The SMILES string of the molecule is CCO[C@H]1O[C@H](COC(c2ccccc2)(c2ccccc2)c2ccccc2)C(=O)CC1[C@@H]1O[C@@H](C)[C@H](OC(C)=O)[C@@H](OC(C)=O)[C@H]1COC(C)=O. The first kappa shape index (κ1) is 37.8. The van der Waals surface area contributed by atoms with Gasteiger partial charge in [-0.05, 0) is 30.5 Å². The van der Waals surface area contributed by atoms with Gasteiger partial charge < -0.3 is 33.2 Å². The van der Waals surface area contributed by atoms with Gasteiger partial charge in [0.15, 0.2) is 18.2 Å². The molecule has 0 aliphatic carbocycles. The summed E-state index contributed by atoms with van der Waals surface area (Å²) >= 11 is 0. The van der Waals surface area contributed by atoms with Crippen LogP contribution in [0.25, 0.3) is 0 Å². The van der Waals surface area contributed by atoms with E-state index < -0.39 is 72.2 Å². The highest BCUT2D eigenvalue weighted by Gasteiger charge is 2.55. The van der Waals surface area contributed by atoms with E-state index >= 15 is 0 Å². The number of ketones is 1. The van der Waals surface area contributed by atoms with Crippen LogP contribution in [0, 0.1) is 11.8 Å². The van der Waals surface area contributed by atoms with Crippen LogP contribution in [-0.2, 0) is 57.9 Å². The molecular weight excluding hydrogens is 656 g/mol. The highest BCUT2D eigenvalue weighted by atomic mass is 16.7. The molecule has 11 heteroatoms. The molecule has 0 amide bonds.